The van der Waals surface area contributed by atoms with Crippen LogP contribution in [0.5, 0.6) is 0 Å². The van der Waals surface area contributed by atoms with Crippen molar-refractivity contribution in [1.82, 2.24) is 5.32 Å². The van der Waals surface area contributed by atoms with Crippen LogP contribution in [0.2, 0.25) is 0 Å². The van der Waals surface area contributed by atoms with E-state index in [1.807, 2.05) is 43.7 Å². The van der Waals surface area contributed by atoms with Crippen molar-refractivity contribution in [1.29, 1.82) is 0 Å². The van der Waals surface area contributed by atoms with Crippen molar-refractivity contribution in [3.8, 4) is 0 Å². The van der Waals surface area contributed by atoms with E-state index in [1.165, 1.54) is 0 Å². The van der Waals surface area contributed by atoms with Crippen LogP contribution in [-0.2, 0) is 4.79 Å². The molecule has 0 fully saturated rings. The number of hydrogen-bond donors (Lipinski definition) is 1. The Labute approximate surface area is 116 Å². The van der Waals surface area contributed by atoms with Crippen molar-refractivity contribution in [2.75, 3.05) is 0 Å². The van der Waals surface area contributed by atoms with Crippen LogP contribution in [0.3, 0.4) is 0 Å². The molecule has 1 aromatic carbocycles. The first kappa shape index (κ1) is 13.7. The number of rotatable bonds is 5. The summed E-state index contributed by atoms with van der Waals surface area (Å²) in [6.07, 6.45) is 2.49. The van der Waals surface area contributed by atoms with Crippen molar-refractivity contribution in [3.63, 3.8) is 0 Å². The first-order valence-electron chi connectivity index (χ1n) is 6.26. The van der Waals surface area contributed by atoms with Gasteiger partial charge in [-0.05, 0) is 47.4 Å². The first-order chi connectivity index (χ1) is 9.10. The van der Waals surface area contributed by atoms with E-state index in [9.17, 15) is 9.59 Å². The summed E-state index contributed by atoms with van der Waals surface area (Å²) in [6.45, 7) is 4.02. The van der Waals surface area contributed by atoms with Crippen LogP contribution < -0.4 is 5.32 Å². The summed E-state index contributed by atoms with van der Waals surface area (Å²) in [5, 5.41) is 5.75. The predicted molar refractivity (Wildman–Crippen MR) is 78.2 cm³/mol. The second kappa shape index (κ2) is 5.97. The summed E-state index contributed by atoms with van der Waals surface area (Å²) < 4.78 is 1.15. The molecule has 0 saturated heterocycles. The Bertz CT molecular complexity index is 589. The van der Waals surface area contributed by atoms with Gasteiger partial charge in [-0.1, -0.05) is 13.8 Å². The topological polar surface area (TPSA) is 46.2 Å². The Hall–Kier alpha value is -1.68. The summed E-state index contributed by atoms with van der Waals surface area (Å²) >= 11 is 1.64. The van der Waals surface area contributed by atoms with Crippen LogP contribution in [0, 0.1) is 5.92 Å². The lowest BCUT2D eigenvalue weighted by Crippen LogP contribution is -2.36. The molecule has 2 rings (SSSR count). The monoisotopic (exact) mass is 274 g/mol. The zero-order valence-electron chi connectivity index (χ0n) is 11.0. The average Bonchev–Trinajstić information content (AvgIpc) is 2.84. The van der Waals surface area contributed by atoms with Crippen LogP contribution in [-0.4, -0.2) is 18.2 Å². The molecule has 0 aliphatic heterocycles. The molecule has 1 amide bonds. The molecule has 4 heteroatoms. The van der Waals surface area contributed by atoms with Gasteiger partial charge in [-0.25, -0.2) is 0 Å². The summed E-state index contributed by atoms with van der Waals surface area (Å²) in [5.41, 5.74) is 0.579. The molecule has 2 aromatic rings. The van der Waals surface area contributed by atoms with Gasteiger partial charge >= 0.3 is 0 Å². The quantitative estimate of drug-likeness (QED) is 0.910. The molecule has 0 saturated carbocycles. The molecule has 0 bridgehead atoms. The number of benzene rings is 1. The number of carbonyl (C=O) groups excluding carboxylic acids is 2. The predicted octanol–water partition coefficient (Wildman–Crippen LogP) is 3.16. The van der Waals surface area contributed by atoms with Crippen molar-refractivity contribution in [2.24, 2.45) is 5.92 Å². The summed E-state index contributed by atoms with van der Waals surface area (Å²) in [6, 6.07) is 7.00. The van der Waals surface area contributed by atoms with Crippen molar-refractivity contribution >= 4 is 33.6 Å². The third-order valence-electron chi connectivity index (χ3n) is 2.87. The molecule has 1 radical (unpaired) electrons. The van der Waals surface area contributed by atoms with Gasteiger partial charge in [0.1, 0.15) is 0 Å². The Balaban J connectivity index is 2.11. The maximum absolute atomic E-state index is 12.1. The van der Waals surface area contributed by atoms with E-state index in [-0.39, 0.29) is 5.91 Å². The highest BCUT2D eigenvalue weighted by atomic mass is 32.1. The van der Waals surface area contributed by atoms with Crippen LogP contribution in [0.1, 0.15) is 30.6 Å². The fourth-order valence-corrected chi connectivity index (χ4v) is 2.73. The van der Waals surface area contributed by atoms with Crippen LogP contribution in [0.4, 0.5) is 0 Å². The van der Waals surface area contributed by atoms with Gasteiger partial charge in [-0.15, -0.1) is 11.3 Å². The number of nitrogens with one attached hydrogen (secondary N) is 1. The van der Waals surface area contributed by atoms with E-state index >= 15 is 0 Å². The van der Waals surface area contributed by atoms with Crippen LogP contribution in [0.15, 0.2) is 29.6 Å². The first-order valence-corrected chi connectivity index (χ1v) is 7.14. The minimum Gasteiger partial charge on any atom is -0.342 e. The maximum atomic E-state index is 12.1. The van der Waals surface area contributed by atoms with Gasteiger partial charge in [-0.3, -0.25) is 9.59 Å². The Morgan fingerprint density at radius 2 is 2.16 bits per heavy atom. The zero-order valence-corrected chi connectivity index (χ0v) is 11.8. The maximum Gasteiger partial charge on any atom is 0.251 e. The highest BCUT2D eigenvalue weighted by Gasteiger charge is 2.15. The second-order valence-electron chi connectivity index (χ2n) is 4.95. The fraction of sp³-hybridized carbons (Fsp3) is 0.333. The molecule has 19 heavy (non-hydrogen) atoms. The largest absolute Gasteiger partial charge is 0.342 e. The molecule has 1 heterocycles. The number of fused-ring (bicyclic) bond motifs is 1. The third kappa shape index (κ3) is 3.41. The van der Waals surface area contributed by atoms with Crippen LogP contribution >= 0.6 is 11.3 Å². The van der Waals surface area contributed by atoms with E-state index in [4.69, 9.17) is 0 Å². The molecule has 0 spiro atoms. The fourth-order valence-electron chi connectivity index (χ4n) is 1.96. The van der Waals surface area contributed by atoms with Gasteiger partial charge in [0, 0.05) is 10.3 Å². The Morgan fingerprint density at radius 3 is 2.84 bits per heavy atom. The van der Waals surface area contributed by atoms with Gasteiger partial charge in [-0.2, -0.15) is 0 Å². The molecule has 0 unspecified atom stereocenters. The zero-order chi connectivity index (χ0) is 13.8. The van der Waals surface area contributed by atoms with Crippen molar-refractivity contribution in [3.05, 3.63) is 35.2 Å². The second-order valence-corrected chi connectivity index (χ2v) is 5.89. The standard InChI is InChI=1S/C15H16NO2S/c1-10(2)7-13(9-17)16-15(18)12-3-4-14-11(8-12)5-6-19-14/h3-6,8,10,13H,7H2,1-2H3,(H,16,18)/t13-/m0/s1. The lowest BCUT2D eigenvalue weighted by atomic mass is 10.0. The van der Waals surface area contributed by atoms with Crippen LogP contribution in [0.25, 0.3) is 10.1 Å². The lowest BCUT2D eigenvalue weighted by molar-refractivity contribution is 0.0943. The Morgan fingerprint density at radius 1 is 1.37 bits per heavy atom. The van der Waals surface area contributed by atoms with Crippen molar-refractivity contribution in [2.45, 2.75) is 26.3 Å². The smallest absolute Gasteiger partial charge is 0.251 e. The van der Waals surface area contributed by atoms with E-state index in [0.29, 0.717) is 17.9 Å². The van der Waals surface area contributed by atoms with E-state index in [0.717, 1.165) is 10.1 Å². The highest BCUT2D eigenvalue weighted by Crippen LogP contribution is 2.21. The molecule has 0 aliphatic carbocycles. The molecular weight excluding hydrogens is 258 g/mol. The molecule has 99 valence electrons. The van der Waals surface area contributed by atoms with Gasteiger partial charge in [0.15, 0.2) is 0 Å². The lowest BCUT2D eigenvalue weighted by Gasteiger charge is -2.14. The van der Waals surface area contributed by atoms with Gasteiger partial charge in [0.25, 0.3) is 5.91 Å². The molecule has 1 aromatic heterocycles. The highest BCUT2D eigenvalue weighted by molar-refractivity contribution is 7.17. The van der Waals surface area contributed by atoms with E-state index in [1.54, 1.807) is 17.4 Å². The Kier molecular flexibility index (Phi) is 4.32. The summed E-state index contributed by atoms with van der Waals surface area (Å²) in [5.74, 6) is 0.119. The molecule has 0 aliphatic rings. The minimum absolute atomic E-state index is 0.220. The normalized spacial score (nSPS) is 12.6. The van der Waals surface area contributed by atoms with E-state index < -0.39 is 6.04 Å². The average molecular weight is 274 g/mol. The third-order valence-corrected chi connectivity index (χ3v) is 3.77. The molecule has 3 nitrogen and oxygen atoms in total. The summed E-state index contributed by atoms with van der Waals surface area (Å²) in [4.78, 5) is 22.9. The number of thiophene rings is 1. The summed E-state index contributed by atoms with van der Waals surface area (Å²) in [7, 11) is 0. The SMILES string of the molecule is CC(C)C[C@@H]([C]=O)NC(=O)c1ccc2sccc2c1. The number of carbonyl (C=O) groups is 1. The van der Waals surface area contributed by atoms with Gasteiger partial charge in [0.2, 0.25) is 6.29 Å². The molecular formula is C15H16NO2S. The van der Waals surface area contributed by atoms with Gasteiger partial charge in [0.05, 0.1) is 6.04 Å². The number of amides is 1. The number of hydrogen-bond acceptors (Lipinski definition) is 3. The van der Waals surface area contributed by atoms with Gasteiger partial charge < -0.3 is 5.32 Å². The molecule has 1 atom stereocenters. The van der Waals surface area contributed by atoms with E-state index in [2.05, 4.69) is 5.32 Å². The molecule has 1 N–H and O–H groups in total. The van der Waals surface area contributed by atoms with Crippen molar-refractivity contribution < 1.29 is 9.59 Å². The minimum atomic E-state index is -0.536.